The molecule has 0 unspecified atom stereocenters. The number of aliphatic hydroxyl groups is 2. The molecule has 0 radical (unpaired) electrons. The highest BCUT2D eigenvalue weighted by atomic mass is 16.6. The Kier molecular flexibility index (Phi) is 4.42. The molecule has 0 aromatic carbocycles. The number of fused-ring (bicyclic) bond motifs is 1. The third-order valence-electron chi connectivity index (χ3n) is 4.28. The molecule has 106 valence electrons. The third kappa shape index (κ3) is 2.90. The van der Waals surface area contributed by atoms with Gasteiger partial charge in [0.1, 0.15) is 12.2 Å². The first-order valence-corrected chi connectivity index (χ1v) is 6.88. The van der Waals surface area contributed by atoms with Crippen molar-refractivity contribution in [1.29, 1.82) is 0 Å². The first kappa shape index (κ1) is 14.3. The number of allylic oxidation sites excluding steroid dienone is 2. The van der Waals surface area contributed by atoms with Crippen LogP contribution in [0.5, 0.6) is 0 Å². The lowest BCUT2D eigenvalue weighted by Crippen LogP contribution is -2.33. The molecule has 4 heteroatoms. The van der Waals surface area contributed by atoms with Crippen molar-refractivity contribution in [3.63, 3.8) is 0 Å². The minimum atomic E-state index is -0.719. The van der Waals surface area contributed by atoms with Gasteiger partial charge in [0.25, 0.3) is 0 Å². The van der Waals surface area contributed by atoms with E-state index in [0.717, 1.165) is 24.0 Å². The Balaban J connectivity index is 2.29. The molecule has 1 aliphatic carbocycles. The standard InChI is InChI=1S/C15H22O4/c1-9-4-3-5-11(8-16)6-7-12-10(2)15(18)19-14(12)13(9)17/h4,6,10,12-14,16-17H,3,5,7-8H2,1-2H3/b9-4+,11-6-/t10-,12+,13+,14+/m0/s1. The summed E-state index contributed by atoms with van der Waals surface area (Å²) in [6.07, 6.45) is 5.02. The summed E-state index contributed by atoms with van der Waals surface area (Å²) in [4.78, 5) is 11.7. The molecule has 0 aromatic rings. The van der Waals surface area contributed by atoms with Crippen LogP contribution < -0.4 is 0 Å². The van der Waals surface area contributed by atoms with Crippen LogP contribution in [0, 0.1) is 11.8 Å². The van der Waals surface area contributed by atoms with Crippen LogP contribution in [0.25, 0.3) is 0 Å². The largest absolute Gasteiger partial charge is 0.459 e. The Bertz CT molecular complexity index is 410. The van der Waals surface area contributed by atoms with Gasteiger partial charge in [0.05, 0.1) is 12.5 Å². The second kappa shape index (κ2) is 5.88. The predicted octanol–water partition coefficient (Wildman–Crippen LogP) is 1.57. The lowest BCUT2D eigenvalue weighted by atomic mass is 9.83. The van der Waals surface area contributed by atoms with Crippen LogP contribution in [0.1, 0.15) is 33.1 Å². The number of carbonyl (C=O) groups excluding carboxylic acids is 1. The van der Waals surface area contributed by atoms with Crippen LogP contribution in [0.15, 0.2) is 23.3 Å². The van der Waals surface area contributed by atoms with Crippen molar-refractivity contribution in [2.24, 2.45) is 11.8 Å². The highest BCUT2D eigenvalue weighted by molar-refractivity contribution is 5.75. The number of rotatable bonds is 1. The van der Waals surface area contributed by atoms with E-state index in [1.807, 2.05) is 26.0 Å². The van der Waals surface area contributed by atoms with Gasteiger partial charge < -0.3 is 14.9 Å². The lowest BCUT2D eigenvalue weighted by molar-refractivity contribution is -0.146. The van der Waals surface area contributed by atoms with Crippen molar-refractivity contribution >= 4 is 5.97 Å². The van der Waals surface area contributed by atoms with Crippen molar-refractivity contribution in [3.05, 3.63) is 23.3 Å². The quantitative estimate of drug-likeness (QED) is 0.558. The predicted molar refractivity (Wildman–Crippen MR) is 71.3 cm³/mol. The molecule has 0 aromatic heterocycles. The number of carbonyl (C=O) groups is 1. The molecule has 2 N–H and O–H groups in total. The number of hydrogen-bond acceptors (Lipinski definition) is 4. The highest BCUT2D eigenvalue weighted by Crippen LogP contribution is 2.35. The Labute approximate surface area is 113 Å². The lowest BCUT2D eigenvalue weighted by Gasteiger charge is -2.25. The molecule has 19 heavy (non-hydrogen) atoms. The normalized spacial score (nSPS) is 41.6. The zero-order chi connectivity index (χ0) is 14.0. The molecule has 4 nitrogen and oxygen atoms in total. The fourth-order valence-electron chi connectivity index (χ4n) is 2.84. The molecule has 1 heterocycles. The van der Waals surface area contributed by atoms with Crippen molar-refractivity contribution in [3.8, 4) is 0 Å². The summed E-state index contributed by atoms with van der Waals surface area (Å²) in [6, 6.07) is 0. The van der Waals surface area contributed by atoms with E-state index in [1.165, 1.54) is 0 Å². The summed E-state index contributed by atoms with van der Waals surface area (Å²) in [5.74, 6) is -0.464. The topological polar surface area (TPSA) is 66.8 Å². The van der Waals surface area contributed by atoms with Gasteiger partial charge in [-0.15, -0.1) is 0 Å². The molecule has 0 spiro atoms. The molecule has 1 aliphatic heterocycles. The second-order valence-corrected chi connectivity index (χ2v) is 5.54. The maximum atomic E-state index is 11.7. The first-order chi connectivity index (χ1) is 9.04. The van der Waals surface area contributed by atoms with Gasteiger partial charge in [-0.1, -0.05) is 19.1 Å². The maximum absolute atomic E-state index is 11.7. The average Bonchev–Trinajstić information content (AvgIpc) is 2.68. The summed E-state index contributed by atoms with van der Waals surface area (Å²) in [5.41, 5.74) is 1.84. The Morgan fingerprint density at radius 1 is 1.42 bits per heavy atom. The van der Waals surface area contributed by atoms with E-state index in [-0.39, 0.29) is 24.4 Å². The van der Waals surface area contributed by atoms with Gasteiger partial charge in [-0.3, -0.25) is 4.79 Å². The van der Waals surface area contributed by atoms with E-state index < -0.39 is 12.2 Å². The van der Waals surface area contributed by atoms with E-state index in [4.69, 9.17) is 4.74 Å². The molecule has 2 aliphatic rings. The smallest absolute Gasteiger partial charge is 0.309 e. The molecule has 1 saturated heterocycles. The molecule has 1 fully saturated rings. The fraction of sp³-hybridized carbons (Fsp3) is 0.667. The number of ether oxygens (including phenoxy) is 1. The molecule has 4 atom stereocenters. The van der Waals surface area contributed by atoms with Gasteiger partial charge in [-0.05, 0) is 37.3 Å². The van der Waals surface area contributed by atoms with E-state index >= 15 is 0 Å². The molecule has 2 rings (SSSR count). The summed E-state index contributed by atoms with van der Waals surface area (Å²) in [6.45, 7) is 3.76. The molecular formula is C15H22O4. The summed E-state index contributed by atoms with van der Waals surface area (Å²) in [7, 11) is 0. The van der Waals surface area contributed by atoms with Gasteiger partial charge in [-0.2, -0.15) is 0 Å². The fourth-order valence-corrected chi connectivity index (χ4v) is 2.84. The zero-order valence-electron chi connectivity index (χ0n) is 11.5. The van der Waals surface area contributed by atoms with Crippen LogP contribution in [0.3, 0.4) is 0 Å². The molecule has 0 bridgehead atoms. The van der Waals surface area contributed by atoms with Gasteiger partial charge in [0.2, 0.25) is 0 Å². The summed E-state index contributed by atoms with van der Waals surface area (Å²) in [5, 5.41) is 19.6. The molecular weight excluding hydrogens is 244 g/mol. The van der Waals surface area contributed by atoms with E-state index in [2.05, 4.69) is 0 Å². The SMILES string of the molecule is C/C1=C\CC/C(CO)=C/C[C@H]2[C@@H](OC(=O)[C@H]2C)[C@@H]1O. The highest BCUT2D eigenvalue weighted by Gasteiger charge is 2.45. The van der Waals surface area contributed by atoms with Crippen LogP contribution in [-0.4, -0.2) is 35.0 Å². The Hall–Kier alpha value is -1.13. The van der Waals surface area contributed by atoms with Gasteiger partial charge in [-0.25, -0.2) is 0 Å². The van der Waals surface area contributed by atoms with E-state index in [1.54, 1.807) is 0 Å². The van der Waals surface area contributed by atoms with Crippen LogP contribution in [0.4, 0.5) is 0 Å². The zero-order valence-corrected chi connectivity index (χ0v) is 11.5. The minimum Gasteiger partial charge on any atom is -0.459 e. The summed E-state index contributed by atoms with van der Waals surface area (Å²) >= 11 is 0. The third-order valence-corrected chi connectivity index (χ3v) is 4.28. The Morgan fingerprint density at radius 3 is 2.84 bits per heavy atom. The maximum Gasteiger partial charge on any atom is 0.309 e. The minimum absolute atomic E-state index is 0.0227. The van der Waals surface area contributed by atoms with Gasteiger partial charge in [0, 0.05) is 5.92 Å². The summed E-state index contributed by atoms with van der Waals surface area (Å²) < 4.78 is 5.34. The van der Waals surface area contributed by atoms with Crippen molar-refractivity contribution in [2.45, 2.75) is 45.3 Å². The van der Waals surface area contributed by atoms with E-state index in [0.29, 0.717) is 6.42 Å². The first-order valence-electron chi connectivity index (χ1n) is 6.88. The van der Waals surface area contributed by atoms with Crippen LogP contribution in [-0.2, 0) is 9.53 Å². The van der Waals surface area contributed by atoms with Crippen molar-refractivity contribution in [1.82, 2.24) is 0 Å². The van der Waals surface area contributed by atoms with Crippen molar-refractivity contribution < 1.29 is 19.7 Å². The van der Waals surface area contributed by atoms with Crippen molar-refractivity contribution in [2.75, 3.05) is 6.61 Å². The second-order valence-electron chi connectivity index (χ2n) is 5.54. The van der Waals surface area contributed by atoms with Crippen LogP contribution in [0.2, 0.25) is 0 Å². The molecule has 0 amide bonds. The van der Waals surface area contributed by atoms with Gasteiger partial charge in [0.15, 0.2) is 0 Å². The number of hydrogen-bond donors (Lipinski definition) is 2. The monoisotopic (exact) mass is 266 g/mol. The van der Waals surface area contributed by atoms with Crippen LogP contribution >= 0.6 is 0 Å². The van der Waals surface area contributed by atoms with Gasteiger partial charge >= 0.3 is 5.97 Å². The van der Waals surface area contributed by atoms with E-state index in [9.17, 15) is 15.0 Å². The number of esters is 1. The molecule has 0 saturated carbocycles. The average molecular weight is 266 g/mol. The Morgan fingerprint density at radius 2 is 2.16 bits per heavy atom. The number of aliphatic hydroxyl groups excluding tert-OH is 2.